The van der Waals surface area contributed by atoms with Gasteiger partial charge in [0.15, 0.2) is 0 Å². The number of rotatable bonds is 5. The fraction of sp³-hybridized carbons (Fsp3) is 0.941. The predicted octanol–water partition coefficient (Wildman–Crippen LogP) is 2.61. The number of nitrogens with one attached hydrogen (secondary N) is 1. The number of carbonyl (C=O) groups is 1. The second-order valence-electron chi connectivity index (χ2n) is 7.43. The standard InChI is InChI=1S/C17H32N2O2/c1-4-21-14-11-13(16(14,2)3)19-15(20)17(12-18)9-7-5-6-8-10-17/h13-14H,4-12,18H2,1-3H3,(H,19,20). The summed E-state index contributed by atoms with van der Waals surface area (Å²) in [6.07, 6.45) is 7.78. The molecule has 2 fully saturated rings. The van der Waals surface area contributed by atoms with Crippen LogP contribution in [0.3, 0.4) is 0 Å². The maximum absolute atomic E-state index is 12.8. The third-order valence-electron chi connectivity index (χ3n) is 5.78. The van der Waals surface area contributed by atoms with E-state index in [0.717, 1.165) is 38.7 Å². The molecule has 2 saturated carbocycles. The molecule has 122 valence electrons. The molecule has 0 aromatic heterocycles. The Morgan fingerprint density at radius 2 is 1.86 bits per heavy atom. The maximum Gasteiger partial charge on any atom is 0.227 e. The molecule has 2 unspecified atom stereocenters. The molecule has 1 amide bonds. The van der Waals surface area contributed by atoms with E-state index in [0.29, 0.717) is 6.54 Å². The highest BCUT2D eigenvalue weighted by Gasteiger charge is 2.51. The van der Waals surface area contributed by atoms with Crippen LogP contribution in [0.15, 0.2) is 0 Å². The summed E-state index contributed by atoms with van der Waals surface area (Å²) in [7, 11) is 0. The lowest BCUT2D eigenvalue weighted by Gasteiger charge is -2.52. The zero-order chi connectivity index (χ0) is 15.5. The van der Waals surface area contributed by atoms with E-state index >= 15 is 0 Å². The lowest BCUT2D eigenvalue weighted by Crippen LogP contribution is -2.64. The van der Waals surface area contributed by atoms with E-state index in [4.69, 9.17) is 10.5 Å². The second-order valence-corrected chi connectivity index (χ2v) is 7.43. The number of hydrogen-bond donors (Lipinski definition) is 2. The number of carbonyl (C=O) groups excluding carboxylic acids is 1. The average molecular weight is 296 g/mol. The largest absolute Gasteiger partial charge is 0.378 e. The van der Waals surface area contributed by atoms with Crippen molar-refractivity contribution in [3.8, 4) is 0 Å². The zero-order valence-electron chi connectivity index (χ0n) is 13.9. The van der Waals surface area contributed by atoms with Gasteiger partial charge < -0.3 is 15.8 Å². The summed E-state index contributed by atoms with van der Waals surface area (Å²) in [6.45, 7) is 7.60. The zero-order valence-corrected chi connectivity index (χ0v) is 13.9. The minimum absolute atomic E-state index is 0.0200. The molecule has 2 rings (SSSR count). The highest BCUT2D eigenvalue weighted by Crippen LogP contribution is 2.44. The molecule has 0 aliphatic heterocycles. The fourth-order valence-electron chi connectivity index (χ4n) is 3.85. The molecule has 4 heteroatoms. The Labute approximate surface area is 129 Å². The van der Waals surface area contributed by atoms with Crippen molar-refractivity contribution in [3.63, 3.8) is 0 Å². The van der Waals surface area contributed by atoms with E-state index in [1.807, 2.05) is 6.92 Å². The molecule has 2 atom stereocenters. The van der Waals surface area contributed by atoms with Gasteiger partial charge in [-0.25, -0.2) is 0 Å². The van der Waals surface area contributed by atoms with Crippen molar-refractivity contribution in [2.24, 2.45) is 16.6 Å². The summed E-state index contributed by atoms with van der Waals surface area (Å²) in [5.41, 5.74) is 5.69. The minimum atomic E-state index is -0.330. The first kappa shape index (κ1) is 16.8. The van der Waals surface area contributed by atoms with Crippen LogP contribution >= 0.6 is 0 Å². The summed E-state index contributed by atoms with van der Waals surface area (Å²) in [6, 6.07) is 0.216. The van der Waals surface area contributed by atoms with Crippen LogP contribution in [-0.2, 0) is 9.53 Å². The molecule has 0 aromatic carbocycles. The van der Waals surface area contributed by atoms with Gasteiger partial charge in [0.25, 0.3) is 0 Å². The van der Waals surface area contributed by atoms with Gasteiger partial charge in [-0.3, -0.25) is 4.79 Å². The summed E-state index contributed by atoms with van der Waals surface area (Å²) in [4.78, 5) is 12.8. The Balaban J connectivity index is 1.97. The van der Waals surface area contributed by atoms with E-state index in [1.54, 1.807) is 0 Å². The van der Waals surface area contributed by atoms with Gasteiger partial charge >= 0.3 is 0 Å². The van der Waals surface area contributed by atoms with Crippen molar-refractivity contribution < 1.29 is 9.53 Å². The number of amides is 1. The summed E-state index contributed by atoms with van der Waals surface area (Å²) < 4.78 is 5.75. The Bertz CT molecular complexity index is 360. The second kappa shape index (κ2) is 6.66. The molecule has 3 N–H and O–H groups in total. The summed E-state index contributed by atoms with van der Waals surface area (Å²) in [5.74, 6) is 0.180. The van der Waals surface area contributed by atoms with Crippen LogP contribution in [0.5, 0.6) is 0 Å². The highest BCUT2D eigenvalue weighted by atomic mass is 16.5. The van der Waals surface area contributed by atoms with Crippen LogP contribution in [0.4, 0.5) is 0 Å². The van der Waals surface area contributed by atoms with Crippen molar-refractivity contribution in [3.05, 3.63) is 0 Å². The third kappa shape index (κ3) is 3.26. The highest BCUT2D eigenvalue weighted by molar-refractivity contribution is 5.83. The van der Waals surface area contributed by atoms with Crippen molar-refractivity contribution >= 4 is 5.91 Å². The Hall–Kier alpha value is -0.610. The molecule has 0 saturated heterocycles. The monoisotopic (exact) mass is 296 g/mol. The van der Waals surface area contributed by atoms with E-state index in [9.17, 15) is 4.79 Å². The van der Waals surface area contributed by atoms with Gasteiger partial charge in [0.05, 0.1) is 11.5 Å². The Kier molecular flexibility index (Phi) is 5.31. The normalized spacial score (nSPS) is 31.0. The fourth-order valence-corrected chi connectivity index (χ4v) is 3.85. The van der Waals surface area contributed by atoms with Crippen molar-refractivity contribution in [1.29, 1.82) is 0 Å². The van der Waals surface area contributed by atoms with Gasteiger partial charge in [-0.05, 0) is 26.2 Å². The average Bonchev–Trinajstić information content (AvgIpc) is 2.72. The van der Waals surface area contributed by atoms with Gasteiger partial charge in [0, 0.05) is 24.6 Å². The summed E-state index contributed by atoms with van der Waals surface area (Å²) >= 11 is 0. The Morgan fingerprint density at radius 3 is 2.33 bits per heavy atom. The Morgan fingerprint density at radius 1 is 1.24 bits per heavy atom. The lowest BCUT2D eigenvalue weighted by molar-refractivity contribution is -0.145. The summed E-state index contributed by atoms with van der Waals surface area (Å²) in [5, 5.41) is 3.29. The van der Waals surface area contributed by atoms with Crippen molar-refractivity contribution in [2.45, 2.75) is 77.9 Å². The quantitative estimate of drug-likeness (QED) is 0.767. The number of ether oxygens (including phenoxy) is 1. The number of nitrogens with two attached hydrogens (primary N) is 1. The van der Waals surface area contributed by atoms with Crippen LogP contribution in [0.25, 0.3) is 0 Å². The lowest BCUT2D eigenvalue weighted by atomic mass is 9.64. The van der Waals surface area contributed by atoms with Gasteiger partial charge in [-0.2, -0.15) is 0 Å². The number of hydrogen-bond acceptors (Lipinski definition) is 3. The van der Waals surface area contributed by atoms with Crippen LogP contribution in [0, 0.1) is 10.8 Å². The van der Waals surface area contributed by atoms with Gasteiger partial charge in [0.1, 0.15) is 0 Å². The van der Waals surface area contributed by atoms with Crippen molar-refractivity contribution in [1.82, 2.24) is 5.32 Å². The van der Waals surface area contributed by atoms with E-state index in [-0.39, 0.29) is 28.9 Å². The first-order valence-electron chi connectivity index (χ1n) is 8.59. The topological polar surface area (TPSA) is 64.3 Å². The van der Waals surface area contributed by atoms with Gasteiger partial charge in [-0.1, -0.05) is 39.5 Å². The molecule has 2 aliphatic carbocycles. The van der Waals surface area contributed by atoms with Crippen molar-refractivity contribution in [2.75, 3.05) is 13.2 Å². The molecule has 0 spiro atoms. The third-order valence-corrected chi connectivity index (χ3v) is 5.78. The minimum Gasteiger partial charge on any atom is -0.378 e. The SMILES string of the molecule is CCOC1CC(NC(=O)C2(CN)CCCCCC2)C1(C)C. The molecule has 2 aliphatic rings. The van der Waals surface area contributed by atoms with Crippen LogP contribution in [-0.4, -0.2) is 31.2 Å². The van der Waals surface area contributed by atoms with Gasteiger partial charge in [0.2, 0.25) is 5.91 Å². The van der Waals surface area contributed by atoms with Crippen LogP contribution in [0.2, 0.25) is 0 Å². The van der Waals surface area contributed by atoms with Crippen LogP contribution < -0.4 is 11.1 Å². The predicted molar refractivity (Wildman–Crippen MR) is 84.9 cm³/mol. The molecule has 0 radical (unpaired) electrons. The molecule has 0 heterocycles. The molecular weight excluding hydrogens is 264 g/mol. The molecular formula is C17H32N2O2. The van der Waals surface area contributed by atoms with Crippen LogP contribution in [0.1, 0.15) is 65.7 Å². The molecule has 0 bridgehead atoms. The smallest absolute Gasteiger partial charge is 0.227 e. The molecule has 0 aromatic rings. The molecule has 21 heavy (non-hydrogen) atoms. The van der Waals surface area contributed by atoms with E-state index < -0.39 is 0 Å². The first-order chi connectivity index (χ1) is 9.96. The van der Waals surface area contributed by atoms with E-state index in [1.165, 1.54) is 12.8 Å². The van der Waals surface area contributed by atoms with E-state index in [2.05, 4.69) is 19.2 Å². The maximum atomic E-state index is 12.8. The molecule has 4 nitrogen and oxygen atoms in total. The first-order valence-corrected chi connectivity index (χ1v) is 8.59. The van der Waals surface area contributed by atoms with Gasteiger partial charge in [-0.15, -0.1) is 0 Å².